The van der Waals surface area contributed by atoms with E-state index in [4.69, 9.17) is 0 Å². The maximum Gasteiger partial charge on any atom is 0.323 e. The van der Waals surface area contributed by atoms with Crippen LogP contribution in [0.3, 0.4) is 0 Å². The van der Waals surface area contributed by atoms with Crippen LogP contribution in [0.4, 0.5) is 10.5 Å². The minimum absolute atomic E-state index is 0.0117. The molecule has 0 aromatic heterocycles. The molecule has 0 aliphatic carbocycles. The number of thioether (sulfide) groups is 1. The number of Topliss-reactive ketones (excluding diaryl/α,β-unsaturated/α-hetero) is 1. The molecule has 7 nitrogen and oxygen atoms in total. The Hall–Kier alpha value is -1.36. The summed E-state index contributed by atoms with van der Waals surface area (Å²) in [6, 6.07) is 6.43. The van der Waals surface area contributed by atoms with Gasteiger partial charge in [-0.05, 0) is 40.9 Å². The Morgan fingerprint density at radius 1 is 1.20 bits per heavy atom. The summed E-state index contributed by atoms with van der Waals surface area (Å²) in [6.45, 7) is 0.885. The zero-order valence-corrected chi connectivity index (χ0v) is 16.3. The Morgan fingerprint density at radius 2 is 1.88 bits per heavy atom. The quantitative estimate of drug-likeness (QED) is 0.741. The summed E-state index contributed by atoms with van der Waals surface area (Å²) < 4.78 is 25.9. The van der Waals surface area contributed by atoms with Gasteiger partial charge in [0.25, 0.3) is 0 Å². The molecule has 0 bridgehead atoms. The van der Waals surface area contributed by atoms with E-state index in [2.05, 4.69) is 26.6 Å². The van der Waals surface area contributed by atoms with Gasteiger partial charge in [-0.1, -0.05) is 12.1 Å². The summed E-state index contributed by atoms with van der Waals surface area (Å²) in [5, 5.41) is 6.43. The Kier molecular flexibility index (Phi) is 5.52. The van der Waals surface area contributed by atoms with Crippen molar-refractivity contribution in [2.75, 3.05) is 18.4 Å². The van der Waals surface area contributed by atoms with Crippen LogP contribution in [-0.2, 0) is 14.8 Å². The van der Waals surface area contributed by atoms with E-state index in [9.17, 15) is 18.0 Å². The van der Waals surface area contributed by atoms with Crippen LogP contribution in [0.15, 0.2) is 39.8 Å². The predicted molar refractivity (Wildman–Crippen MR) is 100 cm³/mol. The summed E-state index contributed by atoms with van der Waals surface area (Å²) >= 11 is 4.22. The number of amides is 2. The van der Waals surface area contributed by atoms with Gasteiger partial charge in [0.05, 0.1) is 11.4 Å². The van der Waals surface area contributed by atoms with Gasteiger partial charge < -0.3 is 10.6 Å². The third-order valence-electron chi connectivity index (χ3n) is 3.85. The number of hydrogen-bond donors (Lipinski definition) is 2. The smallest absolute Gasteiger partial charge is 0.307 e. The first-order valence-corrected chi connectivity index (χ1v) is 10.8. The van der Waals surface area contributed by atoms with Crippen LogP contribution in [0.2, 0.25) is 0 Å². The van der Waals surface area contributed by atoms with Crippen molar-refractivity contribution in [3.63, 3.8) is 0 Å². The number of para-hydroxylation sites is 1. The third kappa shape index (κ3) is 3.91. The molecule has 1 aromatic carbocycles. The van der Waals surface area contributed by atoms with E-state index in [1.807, 2.05) is 0 Å². The minimum Gasteiger partial charge on any atom is -0.307 e. The van der Waals surface area contributed by atoms with Crippen LogP contribution in [0, 0.1) is 0 Å². The maximum absolute atomic E-state index is 12.5. The summed E-state index contributed by atoms with van der Waals surface area (Å²) in [5.74, 6) is -0.598. The van der Waals surface area contributed by atoms with Crippen molar-refractivity contribution in [2.24, 2.45) is 0 Å². The lowest BCUT2D eigenvalue weighted by atomic mass is 10.3. The van der Waals surface area contributed by atoms with E-state index in [1.54, 1.807) is 24.3 Å². The van der Waals surface area contributed by atoms with Gasteiger partial charge in [0, 0.05) is 23.0 Å². The average Bonchev–Trinajstić information content (AvgIpc) is 3.21. The molecule has 0 saturated carbocycles. The number of rotatable bonds is 4. The summed E-state index contributed by atoms with van der Waals surface area (Å²) in [6.07, 6.45) is 1.61. The van der Waals surface area contributed by atoms with Crippen molar-refractivity contribution in [3.05, 3.63) is 39.8 Å². The number of allylic oxidation sites excluding steroid dienone is 1. The van der Waals surface area contributed by atoms with Gasteiger partial charge in [-0.25, -0.2) is 17.5 Å². The molecule has 2 amide bonds. The average molecular weight is 446 g/mol. The molecule has 134 valence electrons. The van der Waals surface area contributed by atoms with Gasteiger partial charge in [-0.3, -0.25) is 4.79 Å². The van der Waals surface area contributed by atoms with Crippen LogP contribution in [0.1, 0.15) is 12.8 Å². The molecule has 2 aliphatic rings. The molecule has 3 rings (SSSR count). The summed E-state index contributed by atoms with van der Waals surface area (Å²) in [5.41, 5.74) is 0.530. The highest BCUT2D eigenvalue weighted by Gasteiger charge is 2.43. The van der Waals surface area contributed by atoms with Gasteiger partial charge in [0.2, 0.25) is 15.8 Å². The Morgan fingerprint density at radius 3 is 2.56 bits per heavy atom. The Bertz CT molecular complexity index is 835. The Labute approximate surface area is 158 Å². The third-order valence-corrected chi connectivity index (χ3v) is 8.28. The second-order valence-corrected chi connectivity index (χ2v) is 9.72. The molecule has 1 saturated heterocycles. The number of nitrogens with one attached hydrogen (secondary N) is 2. The molecular weight excluding hydrogens is 430 g/mol. The van der Waals surface area contributed by atoms with E-state index in [-0.39, 0.29) is 5.70 Å². The van der Waals surface area contributed by atoms with Crippen LogP contribution in [0.5, 0.6) is 0 Å². The van der Waals surface area contributed by atoms with E-state index in [0.717, 1.165) is 24.6 Å². The monoisotopic (exact) mass is 445 g/mol. The number of halogens is 1. The second-order valence-electron chi connectivity index (χ2n) is 5.57. The highest BCUT2D eigenvalue weighted by atomic mass is 79.9. The van der Waals surface area contributed by atoms with E-state index >= 15 is 0 Å². The molecule has 0 spiro atoms. The van der Waals surface area contributed by atoms with Crippen LogP contribution in [-0.4, -0.2) is 42.2 Å². The molecule has 2 N–H and O–H groups in total. The number of urea groups is 1. The van der Waals surface area contributed by atoms with Gasteiger partial charge in [0.15, 0.2) is 4.58 Å². The molecule has 25 heavy (non-hydrogen) atoms. The molecular formula is C15H16BrN3O4S2. The highest BCUT2D eigenvalue weighted by Crippen LogP contribution is 2.33. The van der Waals surface area contributed by atoms with Crippen molar-refractivity contribution >= 4 is 55.2 Å². The van der Waals surface area contributed by atoms with E-state index < -0.39 is 26.4 Å². The maximum atomic E-state index is 12.5. The minimum atomic E-state index is -3.71. The topological polar surface area (TPSA) is 95.6 Å². The van der Waals surface area contributed by atoms with E-state index in [1.165, 1.54) is 9.71 Å². The fraction of sp³-hybridized carbons (Fsp3) is 0.333. The first-order valence-electron chi connectivity index (χ1n) is 7.61. The molecule has 10 heteroatoms. The first kappa shape index (κ1) is 18.4. The van der Waals surface area contributed by atoms with Crippen molar-refractivity contribution in [1.29, 1.82) is 0 Å². The second kappa shape index (κ2) is 7.48. The molecule has 1 fully saturated rings. The molecule has 2 heterocycles. The number of nitrogens with zero attached hydrogens (tertiary/aromatic N) is 1. The normalized spacial score (nSPS) is 21.2. The number of hydrogen-bond acceptors (Lipinski definition) is 5. The van der Waals surface area contributed by atoms with Crippen molar-refractivity contribution in [1.82, 2.24) is 9.62 Å². The first-order chi connectivity index (χ1) is 11.9. The number of carbonyl (C=O) groups excluding carboxylic acids is 2. The predicted octanol–water partition coefficient (Wildman–Crippen LogP) is 2.48. The van der Waals surface area contributed by atoms with Gasteiger partial charge in [-0.2, -0.15) is 0 Å². The lowest BCUT2D eigenvalue weighted by Crippen LogP contribution is -2.40. The van der Waals surface area contributed by atoms with Crippen molar-refractivity contribution in [2.45, 2.75) is 17.4 Å². The molecule has 2 aliphatic heterocycles. The molecule has 1 atom stereocenters. The lowest BCUT2D eigenvalue weighted by molar-refractivity contribution is -0.114. The van der Waals surface area contributed by atoms with Gasteiger partial charge >= 0.3 is 6.03 Å². The summed E-state index contributed by atoms with van der Waals surface area (Å²) in [7, 11) is -3.71. The fourth-order valence-corrected chi connectivity index (χ4v) is 6.19. The van der Waals surface area contributed by atoms with Gasteiger partial charge in [0.1, 0.15) is 0 Å². The fourth-order valence-electron chi connectivity index (χ4n) is 2.59. The van der Waals surface area contributed by atoms with Crippen LogP contribution < -0.4 is 10.6 Å². The lowest BCUT2D eigenvalue weighted by Gasteiger charge is -2.19. The van der Waals surface area contributed by atoms with Crippen LogP contribution >= 0.6 is 27.7 Å². The zero-order chi connectivity index (χ0) is 18.0. The summed E-state index contributed by atoms with van der Waals surface area (Å²) in [4.78, 5) is 24.5. The van der Waals surface area contributed by atoms with Crippen molar-refractivity contribution in [3.8, 4) is 0 Å². The molecule has 1 unspecified atom stereocenters. The van der Waals surface area contributed by atoms with Crippen LogP contribution in [0.25, 0.3) is 0 Å². The molecule has 1 aromatic rings. The van der Waals surface area contributed by atoms with E-state index in [0.29, 0.717) is 23.2 Å². The molecule has 0 radical (unpaired) electrons. The zero-order valence-electron chi connectivity index (χ0n) is 13.1. The number of benzene rings is 1. The number of carbonyl (C=O) groups is 2. The largest absolute Gasteiger partial charge is 0.323 e. The van der Waals surface area contributed by atoms with Crippen molar-refractivity contribution < 1.29 is 18.0 Å². The number of ketones is 1. The van der Waals surface area contributed by atoms with Gasteiger partial charge in [-0.15, -0.1) is 11.8 Å². The standard InChI is InChI=1S/C15H16BrN3O4S2/c16-10-5-1-2-6-11(10)17-15(21)18-12-9-24-14(13(12)20)25(22,23)19-7-3-4-8-19/h1-2,5-6,9,14H,3-4,7-8H2,(H2,17,18,21). The Balaban J connectivity index is 1.64. The number of anilines is 1. The number of sulfonamides is 1. The highest BCUT2D eigenvalue weighted by molar-refractivity contribution is 9.10. The SMILES string of the molecule is O=C(NC1=CSC(S(=O)(=O)N2CCCC2)C1=O)Nc1ccccc1Br.